The molecule has 10 nitrogen and oxygen atoms in total. The number of hydrogen-bond acceptors (Lipinski definition) is 7. The van der Waals surface area contributed by atoms with Gasteiger partial charge in [0, 0.05) is 60.7 Å². The molecule has 1 heterocycles. The molecule has 0 unspecified atom stereocenters. The lowest BCUT2D eigenvalue weighted by atomic mass is 9.80. The van der Waals surface area contributed by atoms with Crippen molar-refractivity contribution >= 4 is 33.4 Å². The number of azide groups is 1. The van der Waals surface area contributed by atoms with Gasteiger partial charge in [0.25, 0.3) is 5.91 Å². The van der Waals surface area contributed by atoms with Crippen LogP contribution >= 0.6 is 15.9 Å². The van der Waals surface area contributed by atoms with Gasteiger partial charge in [-0.25, -0.2) is 4.99 Å². The number of aliphatic imine (C=N–C) groups is 1. The number of aliphatic hydroxyl groups is 1. The van der Waals surface area contributed by atoms with E-state index in [1.54, 1.807) is 0 Å². The first-order valence-corrected chi connectivity index (χ1v) is 16.1. The molecule has 2 N–H and O–H groups in total. The van der Waals surface area contributed by atoms with Crippen molar-refractivity contribution in [3.63, 3.8) is 0 Å². The fourth-order valence-electron chi connectivity index (χ4n) is 5.46. The molecule has 0 spiro atoms. The monoisotopic (exact) mass is 696 g/mol. The maximum absolute atomic E-state index is 14.6. The van der Waals surface area contributed by atoms with Gasteiger partial charge in [-0.3, -0.25) is 4.79 Å². The summed E-state index contributed by atoms with van der Waals surface area (Å²) in [7, 11) is 3.96. The van der Waals surface area contributed by atoms with Crippen LogP contribution in [0, 0.1) is 0 Å². The lowest BCUT2D eigenvalue weighted by molar-refractivity contribution is -0.129. The molecule has 0 aromatic heterocycles. The fourth-order valence-corrected chi connectivity index (χ4v) is 5.73. The van der Waals surface area contributed by atoms with Gasteiger partial charge in [0.05, 0.1) is 13.2 Å². The topological polar surface area (TPSA) is 132 Å². The van der Waals surface area contributed by atoms with E-state index in [0.717, 1.165) is 26.9 Å². The molecule has 242 valence electrons. The second kappa shape index (κ2) is 15.6. The molecule has 0 aliphatic carbocycles. The van der Waals surface area contributed by atoms with E-state index < -0.39 is 11.6 Å². The molecule has 11 heteroatoms. The third-order valence-corrected chi connectivity index (χ3v) is 8.49. The number of hydrogen-bond donors (Lipinski definition) is 2. The number of rotatable bonds is 14. The summed E-state index contributed by atoms with van der Waals surface area (Å²) in [6.45, 7) is 0.837. The standard InChI is InChI=1S/C36H37BrN6O4/c1-43(2)30-16-10-26(11-17-30)23-39-35(45)36(22-25-8-14-29(37)15-9-25)33(32-7-4-3-6-28(32)24-40-42-38)47-34(41-36)27-12-18-31(19-13-27)46-21-5-20-44/h3-4,6-19,33,44H,5,20-24H2,1-2H3,(H,39,45)/t33-,36-/m1/s1. The number of amides is 1. The van der Waals surface area contributed by atoms with Gasteiger partial charge in [-0.2, -0.15) is 0 Å². The zero-order valence-corrected chi connectivity index (χ0v) is 27.9. The number of aliphatic hydroxyl groups excluding tert-OH is 1. The van der Waals surface area contributed by atoms with Crippen LogP contribution in [0.2, 0.25) is 0 Å². The quantitative estimate of drug-likeness (QED) is 0.0641. The molecular weight excluding hydrogens is 660 g/mol. The van der Waals surface area contributed by atoms with Crippen LogP contribution in [0.25, 0.3) is 10.4 Å². The molecule has 1 aliphatic rings. The van der Waals surface area contributed by atoms with Gasteiger partial charge in [-0.05, 0) is 76.3 Å². The first-order chi connectivity index (χ1) is 22.8. The Morgan fingerprint density at radius 2 is 1.74 bits per heavy atom. The van der Waals surface area contributed by atoms with Crippen molar-refractivity contribution in [3.8, 4) is 5.75 Å². The predicted octanol–water partition coefficient (Wildman–Crippen LogP) is 6.90. The molecule has 4 aromatic rings. The summed E-state index contributed by atoms with van der Waals surface area (Å²) in [4.78, 5) is 24.8. The molecule has 1 aliphatic heterocycles. The van der Waals surface area contributed by atoms with E-state index in [2.05, 4.69) is 31.3 Å². The number of carbonyl (C=O) groups excluding carboxylic acids is 1. The van der Waals surface area contributed by atoms with Crippen LogP contribution in [0.4, 0.5) is 5.69 Å². The zero-order chi connectivity index (χ0) is 33.2. The molecule has 1 amide bonds. The minimum atomic E-state index is -1.41. The van der Waals surface area contributed by atoms with E-state index in [4.69, 9.17) is 25.1 Å². The van der Waals surface area contributed by atoms with E-state index in [1.165, 1.54) is 0 Å². The Labute approximate surface area is 282 Å². The Kier molecular flexibility index (Phi) is 11.2. The maximum atomic E-state index is 14.6. The molecular formula is C36H37BrN6O4. The lowest BCUT2D eigenvalue weighted by Gasteiger charge is -2.32. The summed E-state index contributed by atoms with van der Waals surface area (Å²) in [6, 6.07) is 30.7. The van der Waals surface area contributed by atoms with Gasteiger partial charge in [0.1, 0.15) is 5.75 Å². The van der Waals surface area contributed by atoms with Gasteiger partial charge in [-0.15, -0.1) is 0 Å². The van der Waals surface area contributed by atoms with Crippen LogP contribution in [0.5, 0.6) is 5.75 Å². The second-order valence-electron chi connectivity index (χ2n) is 11.4. The van der Waals surface area contributed by atoms with Crippen LogP contribution in [-0.2, 0) is 29.0 Å². The highest BCUT2D eigenvalue weighted by molar-refractivity contribution is 9.10. The summed E-state index contributed by atoms with van der Waals surface area (Å²) >= 11 is 3.52. The number of ether oxygens (including phenoxy) is 2. The zero-order valence-electron chi connectivity index (χ0n) is 26.3. The van der Waals surface area contributed by atoms with E-state index in [1.807, 2.05) is 116 Å². The highest BCUT2D eigenvalue weighted by Gasteiger charge is 2.53. The van der Waals surface area contributed by atoms with Crippen LogP contribution in [0.15, 0.2) is 112 Å². The van der Waals surface area contributed by atoms with Crippen LogP contribution in [0.1, 0.15) is 40.3 Å². The highest BCUT2D eigenvalue weighted by Crippen LogP contribution is 2.44. The predicted molar refractivity (Wildman–Crippen MR) is 186 cm³/mol. The molecule has 0 saturated carbocycles. The van der Waals surface area contributed by atoms with E-state index >= 15 is 0 Å². The SMILES string of the molecule is CN(C)c1ccc(CNC(=O)[C@]2(Cc3ccc(Br)cc3)N=C(c3ccc(OCCCO)cc3)O[C@@H]2c2ccccc2CN=[N+]=[N-])cc1. The second-order valence-corrected chi connectivity index (χ2v) is 12.3. The van der Waals surface area contributed by atoms with Crippen molar-refractivity contribution in [1.82, 2.24) is 5.32 Å². The summed E-state index contributed by atoms with van der Waals surface area (Å²) in [5, 5.41) is 16.1. The molecule has 0 bridgehead atoms. The smallest absolute Gasteiger partial charge is 0.252 e. The average Bonchev–Trinajstić information content (AvgIpc) is 3.48. The summed E-state index contributed by atoms with van der Waals surface area (Å²) in [6.07, 6.45) is -0.0529. The minimum absolute atomic E-state index is 0.0508. The van der Waals surface area contributed by atoms with Crippen LogP contribution < -0.4 is 15.0 Å². The Bertz CT molecular complexity index is 1740. The minimum Gasteiger partial charge on any atom is -0.494 e. The number of carbonyl (C=O) groups is 1. The van der Waals surface area contributed by atoms with E-state index in [-0.39, 0.29) is 25.5 Å². The molecule has 4 aromatic carbocycles. The van der Waals surface area contributed by atoms with Gasteiger partial charge >= 0.3 is 0 Å². The Balaban J connectivity index is 1.58. The molecule has 47 heavy (non-hydrogen) atoms. The lowest BCUT2D eigenvalue weighted by Crippen LogP contribution is -2.49. The van der Waals surface area contributed by atoms with Crippen molar-refractivity contribution in [2.24, 2.45) is 10.1 Å². The van der Waals surface area contributed by atoms with Crippen LogP contribution in [0.3, 0.4) is 0 Å². The molecule has 0 radical (unpaired) electrons. The van der Waals surface area contributed by atoms with E-state index in [9.17, 15) is 4.79 Å². The molecule has 2 atom stereocenters. The van der Waals surface area contributed by atoms with Gasteiger partial charge in [-0.1, -0.05) is 69.6 Å². The van der Waals surface area contributed by atoms with E-state index in [0.29, 0.717) is 42.3 Å². The van der Waals surface area contributed by atoms with Crippen LogP contribution in [-0.4, -0.2) is 49.8 Å². The first-order valence-electron chi connectivity index (χ1n) is 15.3. The average molecular weight is 698 g/mol. The van der Waals surface area contributed by atoms with Crippen molar-refractivity contribution in [2.75, 3.05) is 32.2 Å². The maximum Gasteiger partial charge on any atom is 0.252 e. The highest BCUT2D eigenvalue weighted by atomic mass is 79.9. The summed E-state index contributed by atoms with van der Waals surface area (Å²) < 4.78 is 13.3. The van der Waals surface area contributed by atoms with Gasteiger partial charge in [0.15, 0.2) is 11.6 Å². The van der Waals surface area contributed by atoms with Gasteiger partial charge < -0.3 is 24.8 Å². The Morgan fingerprint density at radius 3 is 2.43 bits per heavy atom. The van der Waals surface area contributed by atoms with Crippen molar-refractivity contribution < 1.29 is 19.4 Å². The fraction of sp³-hybridized carbons (Fsp3) is 0.278. The summed E-state index contributed by atoms with van der Waals surface area (Å²) in [5.74, 6) is 0.675. The number of halogens is 1. The normalized spacial score (nSPS) is 16.9. The summed E-state index contributed by atoms with van der Waals surface area (Å²) in [5.41, 5.74) is 12.7. The number of nitrogens with zero attached hydrogens (tertiary/aromatic N) is 5. The third-order valence-electron chi connectivity index (χ3n) is 7.96. The number of nitrogens with one attached hydrogen (secondary N) is 1. The van der Waals surface area contributed by atoms with Crippen molar-refractivity contribution in [2.45, 2.75) is 37.6 Å². The largest absolute Gasteiger partial charge is 0.494 e. The number of benzene rings is 4. The molecule has 0 saturated heterocycles. The number of anilines is 1. The first kappa shape index (κ1) is 33.5. The molecule has 5 rings (SSSR count). The Morgan fingerprint density at radius 1 is 1.04 bits per heavy atom. The Hall–Kier alpha value is -4.83. The van der Waals surface area contributed by atoms with Gasteiger partial charge in [0.2, 0.25) is 5.90 Å². The molecule has 0 fully saturated rings. The van der Waals surface area contributed by atoms with Crippen molar-refractivity contribution in [1.29, 1.82) is 0 Å². The third kappa shape index (κ3) is 8.13. The van der Waals surface area contributed by atoms with Crippen molar-refractivity contribution in [3.05, 3.63) is 140 Å².